The van der Waals surface area contributed by atoms with Crippen molar-refractivity contribution < 1.29 is 17.6 Å². The molecule has 2 aromatic carbocycles. The molecule has 154 valence electrons. The minimum atomic E-state index is -3.74. The van der Waals surface area contributed by atoms with Crippen molar-refractivity contribution in [2.45, 2.75) is 36.6 Å². The number of piperidine rings is 1. The molecule has 29 heavy (non-hydrogen) atoms. The Hall–Kier alpha value is -2.25. The molecule has 4 rings (SSSR count). The van der Waals surface area contributed by atoms with Crippen LogP contribution in [0.15, 0.2) is 53.4 Å². The number of aryl methyl sites for hydroxylation is 1. The summed E-state index contributed by atoms with van der Waals surface area (Å²) in [5, 5.41) is 0. The number of hydrogen-bond acceptors (Lipinski definition) is 3. The minimum Gasteiger partial charge on any atom is -0.338 e. The van der Waals surface area contributed by atoms with Crippen LogP contribution in [0.2, 0.25) is 0 Å². The van der Waals surface area contributed by atoms with E-state index in [9.17, 15) is 17.6 Å². The Morgan fingerprint density at radius 2 is 1.83 bits per heavy atom. The Morgan fingerprint density at radius 1 is 1.10 bits per heavy atom. The summed E-state index contributed by atoms with van der Waals surface area (Å²) in [4.78, 5) is 15.1. The quantitative estimate of drug-likeness (QED) is 0.768. The predicted octanol–water partition coefficient (Wildman–Crippen LogP) is 3.37. The van der Waals surface area contributed by atoms with Gasteiger partial charge in [-0.2, -0.15) is 4.31 Å². The molecule has 2 aliphatic rings. The lowest BCUT2D eigenvalue weighted by molar-refractivity contribution is -0.137. The molecule has 1 fully saturated rings. The summed E-state index contributed by atoms with van der Waals surface area (Å²) >= 11 is 0. The van der Waals surface area contributed by atoms with Crippen molar-refractivity contribution >= 4 is 15.9 Å². The van der Waals surface area contributed by atoms with Crippen LogP contribution in [-0.2, 0) is 21.2 Å². The topological polar surface area (TPSA) is 57.7 Å². The Morgan fingerprint density at radius 3 is 2.59 bits per heavy atom. The van der Waals surface area contributed by atoms with Crippen molar-refractivity contribution in [3.8, 4) is 0 Å². The lowest BCUT2D eigenvalue weighted by atomic mass is 9.97. The highest BCUT2D eigenvalue weighted by molar-refractivity contribution is 7.89. The summed E-state index contributed by atoms with van der Waals surface area (Å²) in [6.45, 7) is 0.538. The molecular formula is C22H25FN2O3S. The van der Waals surface area contributed by atoms with Gasteiger partial charge in [0.1, 0.15) is 5.82 Å². The summed E-state index contributed by atoms with van der Waals surface area (Å²) in [6.07, 6.45) is 3.15. The minimum absolute atomic E-state index is 0.00860. The first-order valence-corrected chi connectivity index (χ1v) is 11.4. The molecule has 0 saturated carbocycles. The van der Waals surface area contributed by atoms with E-state index in [1.807, 2.05) is 19.2 Å². The number of carbonyl (C=O) groups excluding carboxylic acids is 1. The van der Waals surface area contributed by atoms with Gasteiger partial charge in [0.15, 0.2) is 0 Å². The van der Waals surface area contributed by atoms with Crippen LogP contribution in [0.5, 0.6) is 0 Å². The van der Waals surface area contributed by atoms with Gasteiger partial charge in [0.2, 0.25) is 15.9 Å². The fourth-order valence-corrected chi connectivity index (χ4v) is 6.02. The second kappa shape index (κ2) is 7.88. The number of nitrogens with zero attached hydrogens (tertiary/aromatic N) is 2. The fraction of sp³-hybridized carbons (Fsp3) is 0.409. The third-order valence-electron chi connectivity index (χ3n) is 6.10. The highest BCUT2D eigenvalue weighted by Gasteiger charge is 2.37. The molecule has 1 saturated heterocycles. The van der Waals surface area contributed by atoms with E-state index in [0.717, 1.165) is 25.0 Å². The van der Waals surface area contributed by atoms with Crippen molar-refractivity contribution in [3.05, 3.63) is 65.5 Å². The maximum absolute atomic E-state index is 13.2. The summed E-state index contributed by atoms with van der Waals surface area (Å²) in [6, 6.07) is 13.1. The van der Waals surface area contributed by atoms with Crippen LogP contribution < -0.4 is 0 Å². The zero-order valence-electron chi connectivity index (χ0n) is 16.4. The summed E-state index contributed by atoms with van der Waals surface area (Å²) in [5.74, 6) is -0.850. The van der Waals surface area contributed by atoms with E-state index in [2.05, 4.69) is 12.1 Å². The Labute approximate surface area is 171 Å². The highest BCUT2D eigenvalue weighted by Crippen LogP contribution is 2.36. The second-order valence-electron chi connectivity index (χ2n) is 7.86. The van der Waals surface area contributed by atoms with Crippen molar-refractivity contribution in [2.24, 2.45) is 5.92 Å². The molecule has 0 radical (unpaired) electrons. The van der Waals surface area contributed by atoms with Gasteiger partial charge in [-0.1, -0.05) is 24.3 Å². The Bertz CT molecular complexity index is 1010. The van der Waals surface area contributed by atoms with Crippen LogP contribution in [0.3, 0.4) is 0 Å². The van der Waals surface area contributed by atoms with Crippen LogP contribution in [0.4, 0.5) is 4.39 Å². The molecule has 1 heterocycles. The first-order chi connectivity index (χ1) is 13.9. The van der Waals surface area contributed by atoms with Gasteiger partial charge in [0.05, 0.1) is 16.9 Å². The van der Waals surface area contributed by atoms with Gasteiger partial charge in [-0.3, -0.25) is 4.79 Å². The van der Waals surface area contributed by atoms with Gasteiger partial charge >= 0.3 is 0 Å². The largest absolute Gasteiger partial charge is 0.338 e. The molecule has 1 aliphatic carbocycles. The maximum Gasteiger partial charge on any atom is 0.243 e. The van der Waals surface area contributed by atoms with Crippen molar-refractivity contribution in [3.63, 3.8) is 0 Å². The fourth-order valence-electron chi connectivity index (χ4n) is 4.50. The molecule has 1 aliphatic heterocycles. The van der Waals surface area contributed by atoms with E-state index < -0.39 is 15.8 Å². The number of amides is 1. The van der Waals surface area contributed by atoms with Crippen LogP contribution in [0, 0.1) is 11.7 Å². The van der Waals surface area contributed by atoms with Crippen LogP contribution in [0.25, 0.3) is 0 Å². The molecule has 5 nitrogen and oxygen atoms in total. The van der Waals surface area contributed by atoms with Crippen LogP contribution >= 0.6 is 0 Å². The SMILES string of the molecule is CN(C(=O)[C@@H]1CCCN(S(=O)(=O)c2ccc(F)cc2)C1)[C@H]1CCc2ccccc21. The molecular weight excluding hydrogens is 391 g/mol. The molecule has 0 N–H and O–H groups in total. The number of benzene rings is 2. The number of fused-ring (bicyclic) bond motifs is 1. The van der Waals surface area contributed by atoms with Crippen molar-refractivity contribution in [2.75, 3.05) is 20.1 Å². The van der Waals surface area contributed by atoms with Gasteiger partial charge in [-0.15, -0.1) is 0 Å². The zero-order valence-corrected chi connectivity index (χ0v) is 17.2. The standard InChI is InChI=1S/C22H25FN2O3S/c1-24(21-13-8-16-5-2-3-7-20(16)21)22(26)17-6-4-14-25(15-17)29(27,28)19-11-9-18(23)10-12-19/h2-3,5,7,9-12,17,21H,4,6,8,13-15H2,1H3/t17-,21+/m1/s1. The van der Waals surface area contributed by atoms with E-state index in [1.165, 1.54) is 27.6 Å². The average molecular weight is 417 g/mol. The number of halogens is 1. The predicted molar refractivity (Wildman–Crippen MR) is 108 cm³/mol. The lowest BCUT2D eigenvalue weighted by Crippen LogP contribution is -2.46. The average Bonchev–Trinajstić information content (AvgIpc) is 3.17. The monoisotopic (exact) mass is 416 g/mol. The van der Waals surface area contributed by atoms with Crippen LogP contribution in [-0.4, -0.2) is 43.7 Å². The van der Waals surface area contributed by atoms with Crippen molar-refractivity contribution in [1.29, 1.82) is 0 Å². The third kappa shape index (κ3) is 3.81. The zero-order chi connectivity index (χ0) is 20.6. The van der Waals surface area contributed by atoms with Gasteiger partial charge in [0.25, 0.3) is 0 Å². The number of hydrogen-bond donors (Lipinski definition) is 0. The normalized spacial score (nSPS) is 22.3. The molecule has 0 aromatic heterocycles. The Balaban J connectivity index is 1.49. The van der Waals surface area contributed by atoms with E-state index in [4.69, 9.17) is 0 Å². The number of carbonyl (C=O) groups is 1. The van der Waals surface area contributed by atoms with Gasteiger partial charge < -0.3 is 4.90 Å². The molecule has 0 bridgehead atoms. The second-order valence-corrected chi connectivity index (χ2v) is 9.80. The maximum atomic E-state index is 13.2. The highest BCUT2D eigenvalue weighted by atomic mass is 32.2. The number of sulfonamides is 1. The molecule has 0 unspecified atom stereocenters. The smallest absolute Gasteiger partial charge is 0.243 e. The summed E-state index contributed by atoms with van der Waals surface area (Å²) in [5.41, 5.74) is 2.47. The van der Waals surface area contributed by atoms with E-state index in [-0.39, 0.29) is 29.3 Å². The molecule has 7 heteroatoms. The van der Waals surface area contributed by atoms with Crippen LogP contribution in [0.1, 0.15) is 36.4 Å². The van der Waals surface area contributed by atoms with Gasteiger partial charge in [-0.25, -0.2) is 12.8 Å². The van der Waals surface area contributed by atoms with Gasteiger partial charge in [-0.05, 0) is 61.1 Å². The lowest BCUT2D eigenvalue weighted by Gasteiger charge is -2.35. The van der Waals surface area contributed by atoms with Crippen molar-refractivity contribution in [1.82, 2.24) is 9.21 Å². The summed E-state index contributed by atoms with van der Waals surface area (Å²) < 4.78 is 40.4. The first-order valence-electron chi connectivity index (χ1n) is 9.98. The molecule has 2 atom stereocenters. The first kappa shape index (κ1) is 20.0. The van der Waals surface area contributed by atoms with E-state index in [0.29, 0.717) is 19.4 Å². The van der Waals surface area contributed by atoms with E-state index in [1.54, 1.807) is 4.90 Å². The number of rotatable bonds is 4. The van der Waals surface area contributed by atoms with E-state index >= 15 is 0 Å². The van der Waals surface area contributed by atoms with Gasteiger partial charge in [0, 0.05) is 20.1 Å². The molecule has 2 aromatic rings. The molecule has 1 amide bonds. The third-order valence-corrected chi connectivity index (χ3v) is 7.98. The Kier molecular flexibility index (Phi) is 5.44. The molecule has 0 spiro atoms. The summed E-state index contributed by atoms with van der Waals surface area (Å²) in [7, 11) is -1.92.